The Morgan fingerprint density at radius 1 is 0.667 bits per heavy atom. The van der Waals surface area contributed by atoms with Crippen molar-refractivity contribution in [1.29, 1.82) is 0 Å². The van der Waals surface area contributed by atoms with E-state index in [1.165, 1.54) is 77.0 Å². The summed E-state index contributed by atoms with van der Waals surface area (Å²) in [6, 6.07) is 0. The van der Waals surface area contributed by atoms with E-state index in [0.29, 0.717) is 19.1 Å². The van der Waals surface area contributed by atoms with E-state index in [1.807, 2.05) is 0 Å². The van der Waals surface area contributed by atoms with E-state index in [-0.39, 0.29) is 18.6 Å². The zero-order valence-corrected chi connectivity index (χ0v) is 22.6. The fraction of sp³-hybridized carbons (Fsp3) is 0.929. The third-order valence-corrected chi connectivity index (χ3v) is 5.69. The smallest absolute Gasteiger partial charge is 0.332 e. The summed E-state index contributed by atoms with van der Waals surface area (Å²) in [5.41, 5.74) is 0.207. The lowest BCUT2D eigenvalue weighted by Crippen LogP contribution is -2.22. The average molecular weight is 471 g/mol. The highest BCUT2D eigenvalue weighted by Gasteiger charge is 2.17. The van der Waals surface area contributed by atoms with Crippen molar-refractivity contribution < 1.29 is 23.8 Å². The molecule has 0 N–H and O–H groups in total. The number of ether oxygens (including phenoxy) is 3. The summed E-state index contributed by atoms with van der Waals surface area (Å²) in [6.45, 7) is 11.2. The Labute approximate surface area is 204 Å². The molecule has 0 radical (unpaired) electrons. The standard InChI is InChI=1S/C28H54O5/c1-6-7-8-9-10-11-12-13-14-15-16-17-18-19-20-32-26(29)23-31-24-27(30)33-22-25(2)21-28(3,4)5/h25H,6-24H2,1-5H3. The van der Waals surface area contributed by atoms with Gasteiger partial charge in [0.2, 0.25) is 0 Å². The summed E-state index contributed by atoms with van der Waals surface area (Å²) in [7, 11) is 0. The van der Waals surface area contributed by atoms with Crippen LogP contribution in [0.3, 0.4) is 0 Å². The van der Waals surface area contributed by atoms with Crippen LogP contribution < -0.4 is 0 Å². The van der Waals surface area contributed by atoms with Gasteiger partial charge in [-0.3, -0.25) is 0 Å². The minimum Gasteiger partial charge on any atom is -0.464 e. The van der Waals surface area contributed by atoms with Crippen molar-refractivity contribution in [3.63, 3.8) is 0 Å². The summed E-state index contributed by atoms with van der Waals surface area (Å²) in [6.07, 6.45) is 19.2. The van der Waals surface area contributed by atoms with E-state index >= 15 is 0 Å². The van der Waals surface area contributed by atoms with Crippen molar-refractivity contribution in [1.82, 2.24) is 0 Å². The quantitative estimate of drug-likeness (QED) is 0.120. The number of rotatable bonds is 22. The molecular formula is C28H54O5. The lowest BCUT2D eigenvalue weighted by atomic mass is 9.86. The van der Waals surface area contributed by atoms with Crippen molar-refractivity contribution in [2.45, 2.75) is 131 Å². The molecule has 0 aromatic heterocycles. The molecule has 0 aromatic carbocycles. The molecular weight excluding hydrogens is 416 g/mol. The number of carbonyl (C=O) groups excluding carboxylic acids is 2. The monoisotopic (exact) mass is 470 g/mol. The van der Waals surface area contributed by atoms with E-state index in [2.05, 4.69) is 34.6 Å². The molecule has 0 aliphatic carbocycles. The van der Waals surface area contributed by atoms with Crippen molar-refractivity contribution >= 4 is 11.9 Å². The van der Waals surface area contributed by atoms with E-state index in [9.17, 15) is 9.59 Å². The maximum Gasteiger partial charge on any atom is 0.332 e. The van der Waals surface area contributed by atoms with Crippen molar-refractivity contribution in [2.24, 2.45) is 11.3 Å². The number of carbonyl (C=O) groups is 2. The lowest BCUT2D eigenvalue weighted by Gasteiger charge is -2.22. The Balaban J connectivity index is 3.38. The highest BCUT2D eigenvalue weighted by molar-refractivity contribution is 5.73. The second-order valence-corrected chi connectivity index (χ2v) is 10.9. The molecule has 0 saturated heterocycles. The molecule has 0 aliphatic rings. The van der Waals surface area contributed by atoms with Crippen molar-refractivity contribution in [2.75, 3.05) is 26.4 Å². The largest absolute Gasteiger partial charge is 0.464 e. The summed E-state index contributed by atoms with van der Waals surface area (Å²) in [5, 5.41) is 0. The van der Waals surface area contributed by atoms with Gasteiger partial charge in [0.1, 0.15) is 13.2 Å². The van der Waals surface area contributed by atoms with Gasteiger partial charge in [0.25, 0.3) is 0 Å². The molecule has 0 heterocycles. The molecule has 1 atom stereocenters. The van der Waals surface area contributed by atoms with Gasteiger partial charge >= 0.3 is 11.9 Å². The molecule has 5 nitrogen and oxygen atoms in total. The first kappa shape index (κ1) is 31.9. The summed E-state index contributed by atoms with van der Waals surface area (Å²) < 4.78 is 15.5. The summed E-state index contributed by atoms with van der Waals surface area (Å²) >= 11 is 0. The zero-order valence-electron chi connectivity index (χ0n) is 22.6. The van der Waals surface area contributed by atoms with E-state index < -0.39 is 11.9 Å². The molecule has 5 heteroatoms. The lowest BCUT2D eigenvalue weighted by molar-refractivity contribution is -0.156. The van der Waals surface area contributed by atoms with Crippen LogP contribution in [-0.4, -0.2) is 38.4 Å². The predicted octanol–water partition coefficient (Wildman–Crippen LogP) is 7.64. The van der Waals surface area contributed by atoms with E-state index in [4.69, 9.17) is 14.2 Å². The van der Waals surface area contributed by atoms with Crippen LogP contribution in [0, 0.1) is 11.3 Å². The minimum atomic E-state index is -0.435. The number of hydrogen-bond donors (Lipinski definition) is 0. The molecule has 0 fully saturated rings. The van der Waals surface area contributed by atoms with Crippen LogP contribution in [0.2, 0.25) is 0 Å². The van der Waals surface area contributed by atoms with Crippen molar-refractivity contribution in [3.05, 3.63) is 0 Å². The fourth-order valence-electron chi connectivity index (χ4n) is 4.12. The zero-order chi connectivity index (χ0) is 24.8. The van der Waals surface area contributed by atoms with Crippen molar-refractivity contribution in [3.8, 4) is 0 Å². The Hall–Kier alpha value is -1.10. The van der Waals surface area contributed by atoms with Crippen LogP contribution in [-0.2, 0) is 23.8 Å². The Morgan fingerprint density at radius 2 is 1.09 bits per heavy atom. The fourth-order valence-corrected chi connectivity index (χ4v) is 4.12. The maximum atomic E-state index is 11.7. The number of esters is 2. The van der Waals surface area contributed by atoms with Gasteiger partial charge in [-0.2, -0.15) is 0 Å². The first-order valence-corrected chi connectivity index (χ1v) is 13.6. The highest BCUT2D eigenvalue weighted by Crippen LogP contribution is 2.24. The van der Waals surface area contributed by atoms with Gasteiger partial charge in [0.05, 0.1) is 13.2 Å². The molecule has 0 aliphatic heterocycles. The second-order valence-electron chi connectivity index (χ2n) is 10.9. The van der Waals surface area contributed by atoms with Gasteiger partial charge in [-0.05, 0) is 24.2 Å². The second kappa shape index (κ2) is 21.4. The molecule has 0 aromatic rings. The van der Waals surface area contributed by atoms with Crippen LogP contribution in [0.15, 0.2) is 0 Å². The van der Waals surface area contributed by atoms with Gasteiger partial charge < -0.3 is 14.2 Å². The van der Waals surface area contributed by atoms with E-state index in [1.54, 1.807) is 0 Å². The number of unbranched alkanes of at least 4 members (excludes halogenated alkanes) is 13. The van der Waals surface area contributed by atoms with Gasteiger partial charge in [-0.15, -0.1) is 0 Å². The van der Waals surface area contributed by atoms with E-state index in [0.717, 1.165) is 19.3 Å². The first-order chi connectivity index (χ1) is 15.7. The van der Waals surface area contributed by atoms with Gasteiger partial charge in [-0.25, -0.2) is 9.59 Å². The third kappa shape index (κ3) is 25.4. The Bertz CT molecular complexity index is 469. The van der Waals surface area contributed by atoms with Crippen LogP contribution in [0.4, 0.5) is 0 Å². The minimum absolute atomic E-state index is 0.203. The number of hydrogen-bond acceptors (Lipinski definition) is 5. The van der Waals surface area contributed by atoms with Gasteiger partial charge in [0, 0.05) is 0 Å². The Morgan fingerprint density at radius 3 is 1.55 bits per heavy atom. The normalized spacial score (nSPS) is 12.5. The van der Waals surface area contributed by atoms with Crippen LogP contribution >= 0.6 is 0 Å². The van der Waals surface area contributed by atoms with Gasteiger partial charge in [0.15, 0.2) is 0 Å². The molecule has 0 spiro atoms. The molecule has 1 unspecified atom stereocenters. The third-order valence-electron chi connectivity index (χ3n) is 5.69. The molecule has 196 valence electrons. The molecule has 33 heavy (non-hydrogen) atoms. The predicted molar refractivity (Wildman–Crippen MR) is 136 cm³/mol. The summed E-state index contributed by atoms with van der Waals surface area (Å²) in [4.78, 5) is 23.4. The van der Waals surface area contributed by atoms with Crippen LogP contribution in [0.1, 0.15) is 131 Å². The molecule has 0 saturated carbocycles. The average Bonchev–Trinajstić information content (AvgIpc) is 2.74. The first-order valence-electron chi connectivity index (χ1n) is 13.6. The molecule has 0 amide bonds. The van der Waals surface area contributed by atoms with Gasteiger partial charge in [-0.1, -0.05) is 118 Å². The van der Waals surface area contributed by atoms with Crippen LogP contribution in [0.25, 0.3) is 0 Å². The highest BCUT2D eigenvalue weighted by atomic mass is 16.6. The summed E-state index contributed by atoms with van der Waals surface area (Å²) in [5.74, 6) is -0.557. The topological polar surface area (TPSA) is 61.8 Å². The molecule has 0 bridgehead atoms. The molecule has 0 rings (SSSR count). The SMILES string of the molecule is CCCCCCCCCCCCCCCCOC(=O)COCC(=O)OCC(C)CC(C)(C)C. The maximum absolute atomic E-state index is 11.7. The Kier molecular flexibility index (Phi) is 20.7. The van der Waals surface area contributed by atoms with Crippen LogP contribution in [0.5, 0.6) is 0 Å².